The molecule has 0 bridgehead atoms. The average Bonchev–Trinajstić information content (AvgIpc) is 2.41. The zero-order chi connectivity index (χ0) is 12.8. The van der Waals surface area contributed by atoms with E-state index in [0.29, 0.717) is 17.5 Å². The third kappa shape index (κ3) is 4.08. The van der Waals surface area contributed by atoms with Gasteiger partial charge in [-0.1, -0.05) is 17.7 Å². The van der Waals surface area contributed by atoms with E-state index in [9.17, 15) is 5.11 Å². The Bertz CT molecular complexity index is 367. The molecule has 1 heterocycles. The lowest BCUT2D eigenvalue weighted by atomic mass is 9.88. The monoisotopic (exact) mass is 286 g/mol. The Hall–Kier alpha value is -0.380. The Kier molecular flexibility index (Phi) is 5.67. The SMILES string of the molecule is OCC(COc1cccc(Cl)c1)C1CCSCC1. The maximum atomic E-state index is 9.50. The first kappa shape index (κ1) is 14.0. The van der Waals surface area contributed by atoms with Crippen LogP contribution < -0.4 is 4.74 Å². The molecule has 18 heavy (non-hydrogen) atoms. The summed E-state index contributed by atoms with van der Waals surface area (Å²) in [6, 6.07) is 7.42. The Morgan fingerprint density at radius 3 is 2.83 bits per heavy atom. The Morgan fingerprint density at radius 2 is 2.17 bits per heavy atom. The van der Waals surface area contributed by atoms with E-state index >= 15 is 0 Å². The van der Waals surface area contributed by atoms with Crippen LogP contribution in [0.3, 0.4) is 0 Å². The summed E-state index contributed by atoms with van der Waals surface area (Å²) >= 11 is 7.91. The van der Waals surface area contributed by atoms with Crippen LogP contribution in [-0.2, 0) is 0 Å². The van der Waals surface area contributed by atoms with Gasteiger partial charge in [-0.3, -0.25) is 0 Å². The molecule has 0 aliphatic carbocycles. The molecule has 4 heteroatoms. The molecule has 0 radical (unpaired) electrons. The van der Waals surface area contributed by atoms with Gasteiger partial charge in [0.05, 0.1) is 6.61 Å². The number of hydrogen-bond acceptors (Lipinski definition) is 3. The minimum absolute atomic E-state index is 0.204. The molecule has 1 aromatic carbocycles. The quantitative estimate of drug-likeness (QED) is 0.899. The van der Waals surface area contributed by atoms with Gasteiger partial charge in [-0.25, -0.2) is 0 Å². The molecule has 2 rings (SSSR count). The summed E-state index contributed by atoms with van der Waals surface area (Å²) in [5.41, 5.74) is 0. The molecular weight excluding hydrogens is 268 g/mol. The van der Waals surface area contributed by atoms with Crippen molar-refractivity contribution in [1.82, 2.24) is 0 Å². The highest BCUT2D eigenvalue weighted by atomic mass is 35.5. The van der Waals surface area contributed by atoms with Crippen molar-refractivity contribution in [2.45, 2.75) is 12.8 Å². The van der Waals surface area contributed by atoms with Gasteiger partial charge in [0.1, 0.15) is 5.75 Å². The lowest BCUT2D eigenvalue weighted by Gasteiger charge is -2.28. The molecule has 0 aromatic heterocycles. The minimum Gasteiger partial charge on any atom is -0.493 e. The van der Waals surface area contributed by atoms with Gasteiger partial charge in [0.2, 0.25) is 0 Å². The zero-order valence-electron chi connectivity index (χ0n) is 10.3. The summed E-state index contributed by atoms with van der Waals surface area (Å²) in [7, 11) is 0. The second-order valence-corrected chi connectivity index (χ2v) is 6.32. The maximum absolute atomic E-state index is 9.50. The van der Waals surface area contributed by atoms with Gasteiger partial charge < -0.3 is 9.84 Å². The number of ether oxygens (including phenoxy) is 1. The summed E-state index contributed by atoms with van der Waals surface area (Å²) in [6.45, 7) is 0.780. The first-order valence-electron chi connectivity index (χ1n) is 6.36. The average molecular weight is 287 g/mol. The Labute approximate surface area is 118 Å². The van der Waals surface area contributed by atoms with Gasteiger partial charge in [-0.15, -0.1) is 0 Å². The molecule has 1 unspecified atom stereocenters. The third-order valence-corrected chi connectivity index (χ3v) is 4.71. The topological polar surface area (TPSA) is 29.5 Å². The lowest BCUT2D eigenvalue weighted by molar-refractivity contribution is 0.113. The van der Waals surface area contributed by atoms with Crippen LogP contribution in [0.1, 0.15) is 12.8 Å². The number of benzene rings is 1. The summed E-state index contributed by atoms with van der Waals surface area (Å²) in [5.74, 6) is 4.03. The first-order valence-corrected chi connectivity index (χ1v) is 7.90. The smallest absolute Gasteiger partial charge is 0.120 e. The summed E-state index contributed by atoms with van der Waals surface area (Å²) < 4.78 is 5.74. The molecule has 1 aliphatic rings. The van der Waals surface area contributed by atoms with Crippen LogP contribution >= 0.6 is 23.4 Å². The van der Waals surface area contributed by atoms with Crippen molar-refractivity contribution in [2.24, 2.45) is 11.8 Å². The fourth-order valence-corrected chi connectivity index (χ4v) is 3.61. The molecule has 0 amide bonds. The molecule has 1 aliphatic heterocycles. The molecule has 0 spiro atoms. The van der Waals surface area contributed by atoms with Gasteiger partial charge in [-0.2, -0.15) is 11.8 Å². The van der Waals surface area contributed by atoms with E-state index in [-0.39, 0.29) is 12.5 Å². The minimum atomic E-state index is 0.204. The Morgan fingerprint density at radius 1 is 1.39 bits per heavy atom. The molecule has 1 aromatic rings. The molecule has 0 saturated carbocycles. The summed E-state index contributed by atoms with van der Waals surface area (Å²) in [4.78, 5) is 0. The van der Waals surface area contributed by atoms with Gasteiger partial charge in [0.25, 0.3) is 0 Å². The predicted molar refractivity (Wildman–Crippen MR) is 77.6 cm³/mol. The largest absolute Gasteiger partial charge is 0.493 e. The van der Waals surface area contributed by atoms with Crippen molar-refractivity contribution >= 4 is 23.4 Å². The highest BCUT2D eigenvalue weighted by Crippen LogP contribution is 2.29. The molecule has 1 fully saturated rings. The molecule has 1 atom stereocenters. The van der Waals surface area contributed by atoms with E-state index in [1.165, 1.54) is 24.3 Å². The number of thioether (sulfide) groups is 1. The van der Waals surface area contributed by atoms with Gasteiger partial charge in [0, 0.05) is 17.5 Å². The second kappa shape index (κ2) is 7.27. The fraction of sp³-hybridized carbons (Fsp3) is 0.571. The number of rotatable bonds is 5. The summed E-state index contributed by atoms with van der Waals surface area (Å²) in [5, 5.41) is 10.2. The number of aliphatic hydroxyl groups is 1. The van der Waals surface area contributed by atoms with Crippen LogP contribution in [0.15, 0.2) is 24.3 Å². The van der Waals surface area contributed by atoms with Crippen molar-refractivity contribution in [3.05, 3.63) is 29.3 Å². The molecule has 1 N–H and O–H groups in total. The van der Waals surface area contributed by atoms with Crippen LogP contribution in [-0.4, -0.2) is 29.8 Å². The van der Waals surface area contributed by atoms with E-state index in [1.54, 1.807) is 0 Å². The molecule has 100 valence electrons. The van der Waals surface area contributed by atoms with Crippen molar-refractivity contribution < 1.29 is 9.84 Å². The van der Waals surface area contributed by atoms with E-state index in [0.717, 1.165) is 5.75 Å². The predicted octanol–water partition coefficient (Wildman–Crippen LogP) is 3.47. The third-order valence-electron chi connectivity index (χ3n) is 3.43. The van der Waals surface area contributed by atoms with Crippen LogP contribution in [0.4, 0.5) is 0 Å². The maximum Gasteiger partial charge on any atom is 0.120 e. The van der Waals surface area contributed by atoms with Crippen LogP contribution in [0.25, 0.3) is 0 Å². The van der Waals surface area contributed by atoms with E-state index < -0.39 is 0 Å². The fourth-order valence-electron chi connectivity index (χ4n) is 2.29. The van der Waals surface area contributed by atoms with Crippen molar-refractivity contribution in [3.8, 4) is 5.75 Å². The second-order valence-electron chi connectivity index (χ2n) is 4.66. The van der Waals surface area contributed by atoms with E-state index in [4.69, 9.17) is 16.3 Å². The molecule has 1 saturated heterocycles. The van der Waals surface area contributed by atoms with Gasteiger partial charge >= 0.3 is 0 Å². The first-order chi connectivity index (χ1) is 8.79. The highest BCUT2D eigenvalue weighted by molar-refractivity contribution is 7.99. The number of aliphatic hydroxyl groups excluding tert-OH is 1. The number of halogens is 1. The normalized spacial score (nSPS) is 18.6. The van der Waals surface area contributed by atoms with Crippen LogP contribution in [0, 0.1) is 11.8 Å². The summed E-state index contributed by atoms with van der Waals surface area (Å²) in [6.07, 6.45) is 2.38. The molecule has 2 nitrogen and oxygen atoms in total. The van der Waals surface area contributed by atoms with Gasteiger partial charge in [0.15, 0.2) is 0 Å². The van der Waals surface area contributed by atoms with Crippen molar-refractivity contribution in [1.29, 1.82) is 0 Å². The number of hydrogen-bond donors (Lipinski definition) is 1. The van der Waals surface area contributed by atoms with Crippen molar-refractivity contribution in [2.75, 3.05) is 24.7 Å². The van der Waals surface area contributed by atoms with Gasteiger partial charge in [-0.05, 0) is 48.5 Å². The van der Waals surface area contributed by atoms with E-state index in [1.807, 2.05) is 36.0 Å². The zero-order valence-corrected chi connectivity index (χ0v) is 11.9. The van der Waals surface area contributed by atoms with E-state index in [2.05, 4.69) is 0 Å². The molecular formula is C14H19ClO2S. The van der Waals surface area contributed by atoms with Crippen molar-refractivity contribution in [3.63, 3.8) is 0 Å². The standard InChI is InChI=1S/C14H19ClO2S/c15-13-2-1-3-14(8-13)17-10-12(9-16)11-4-6-18-7-5-11/h1-3,8,11-12,16H,4-7,9-10H2. The lowest BCUT2D eigenvalue weighted by Crippen LogP contribution is -2.28. The van der Waals surface area contributed by atoms with Crippen LogP contribution in [0.2, 0.25) is 5.02 Å². The highest BCUT2D eigenvalue weighted by Gasteiger charge is 2.23. The van der Waals surface area contributed by atoms with Crippen LogP contribution in [0.5, 0.6) is 5.75 Å². The Balaban J connectivity index is 1.86.